The van der Waals surface area contributed by atoms with Crippen molar-refractivity contribution in [3.05, 3.63) is 85.1 Å². The molecule has 0 N–H and O–H groups in total. The van der Waals surface area contributed by atoms with Gasteiger partial charge in [0.05, 0.1) is 0 Å². The lowest BCUT2D eigenvalue weighted by Crippen LogP contribution is -2.30. The van der Waals surface area contributed by atoms with Crippen molar-refractivity contribution in [2.45, 2.75) is 284 Å². The van der Waals surface area contributed by atoms with Crippen LogP contribution in [0.4, 0.5) is 0 Å². The molecule has 0 bridgehead atoms. The van der Waals surface area contributed by atoms with E-state index in [9.17, 15) is 14.4 Å². The minimum atomic E-state index is -0.796. The SMILES string of the molecule is CC/C=C\C/C=C\C/C=C\C/C=C\C/C=C\C/C=C\CCCCC(=O)OCC(COC(=O)CCCCCCC/C=C\CCCCCC)OC(=O)CCCCCCCCCCCCCCCCCCC. The Kier molecular flexibility index (Phi) is 54.3. The summed E-state index contributed by atoms with van der Waals surface area (Å²) in [5, 5.41) is 0. The number of allylic oxidation sites excluding steroid dienone is 14. The summed E-state index contributed by atoms with van der Waals surface area (Å²) in [5.74, 6) is -0.938. The minimum Gasteiger partial charge on any atom is -0.462 e. The van der Waals surface area contributed by atoms with E-state index in [1.54, 1.807) is 0 Å². The first-order valence-corrected chi connectivity index (χ1v) is 29.1. The molecule has 0 amide bonds. The average molecular weight is 962 g/mol. The van der Waals surface area contributed by atoms with Gasteiger partial charge in [0.15, 0.2) is 6.10 Å². The van der Waals surface area contributed by atoms with Gasteiger partial charge in [-0.2, -0.15) is 0 Å². The first kappa shape index (κ1) is 65.6. The summed E-state index contributed by atoms with van der Waals surface area (Å²) in [6, 6.07) is 0. The fourth-order valence-electron chi connectivity index (χ4n) is 8.03. The lowest BCUT2D eigenvalue weighted by molar-refractivity contribution is -0.167. The van der Waals surface area contributed by atoms with Gasteiger partial charge >= 0.3 is 17.9 Å². The van der Waals surface area contributed by atoms with E-state index < -0.39 is 6.10 Å². The Morgan fingerprint density at radius 2 is 0.565 bits per heavy atom. The van der Waals surface area contributed by atoms with Crippen molar-refractivity contribution in [2.24, 2.45) is 0 Å². The molecule has 6 heteroatoms. The van der Waals surface area contributed by atoms with Crippen LogP contribution in [0.5, 0.6) is 0 Å². The van der Waals surface area contributed by atoms with Crippen LogP contribution in [0.2, 0.25) is 0 Å². The highest BCUT2D eigenvalue weighted by Crippen LogP contribution is 2.16. The molecule has 69 heavy (non-hydrogen) atoms. The molecule has 0 saturated carbocycles. The summed E-state index contributed by atoms with van der Waals surface area (Å²) in [6.07, 6.45) is 74.3. The van der Waals surface area contributed by atoms with Crippen molar-refractivity contribution in [2.75, 3.05) is 13.2 Å². The Hall–Kier alpha value is -3.41. The lowest BCUT2D eigenvalue weighted by atomic mass is 10.0. The number of carbonyl (C=O) groups is 3. The number of rotatable bonds is 52. The second kappa shape index (κ2) is 57.2. The van der Waals surface area contributed by atoms with E-state index in [1.165, 1.54) is 135 Å². The smallest absolute Gasteiger partial charge is 0.306 e. The number of unbranched alkanes of at least 4 members (excludes halogenated alkanes) is 27. The maximum Gasteiger partial charge on any atom is 0.306 e. The van der Waals surface area contributed by atoms with Crippen LogP contribution in [0.15, 0.2) is 85.1 Å². The van der Waals surface area contributed by atoms with Gasteiger partial charge in [-0.1, -0.05) is 247 Å². The van der Waals surface area contributed by atoms with Crippen molar-refractivity contribution >= 4 is 17.9 Å². The molecule has 1 atom stereocenters. The molecular weight excluding hydrogens is 853 g/mol. The van der Waals surface area contributed by atoms with Crippen LogP contribution in [0.25, 0.3) is 0 Å². The first-order chi connectivity index (χ1) is 34.0. The Morgan fingerprint density at radius 3 is 0.942 bits per heavy atom. The molecule has 0 aromatic rings. The summed E-state index contributed by atoms with van der Waals surface area (Å²) in [5.41, 5.74) is 0. The van der Waals surface area contributed by atoms with Crippen molar-refractivity contribution in [3.8, 4) is 0 Å². The number of esters is 3. The van der Waals surface area contributed by atoms with Gasteiger partial charge in [0.2, 0.25) is 0 Å². The van der Waals surface area contributed by atoms with Gasteiger partial charge in [-0.15, -0.1) is 0 Å². The molecule has 0 saturated heterocycles. The number of hydrogen-bond acceptors (Lipinski definition) is 6. The molecule has 0 aliphatic heterocycles. The summed E-state index contributed by atoms with van der Waals surface area (Å²) in [7, 11) is 0. The predicted molar refractivity (Wildman–Crippen MR) is 297 cm³/mol. The molecule has 0 rings (SSSR count). The van der Waals surface area contributed by atoms with Crippen molar-refractivity contribution in [1.29, 1.82) is 0 Å². The number of ether oxygens (including phenoxy) is 3. The fourth-order valence-corrected chi connectivity index (χ4v) is 8.03. The quantitative estimate of drug-likeness (QED) is 0.0262. The van der Waals surface area contributed by atoms with Crippen LogP contribution >= 0.6 is 0 Å². The van der Waals surface area contributed by atoms with Gasteiger partial charge < -0.3 is 14.2 Å². The van der Waals surface area contributed by atoms with Gasteiger partial charge in [-0.05, 0) is 96.3 Å². The Bertz CT molecular complexity index is 1330. The molecular formula is C63H108O6. The molecule has 0 fully saturated rings. The highest BCUT2D eigenvalue weighted by atomic mass is 16.6. The van der Waals surface area contributed by atoms with E-state index in [4.69, 9.17) is 14.2 Å². The Morgan fingerprint density at radius 1 is 0.304 bits per heavy atom. The zero-order chi connectivity index (χ0) is 50.0. The van der Waals surface area contributed by atoms with Gasteiger partial charge in [-0.3, -0.25) is 14.4 Å². The molecule has 0 heterocycles. The van der Waals surface area contributed by atoms with Crippen LogP contribution in [-0.2, 0) is 28.6 Å². The number of carbonyl (C=O) groups excluding carboxylic acids is 3. The zero-order valence-corrected chi connectivity index (χ0v) is 45.3. The van der Waals surface area contributed by atoms with Crippen LogP contribution in [0.1, 0.15) is 278 Å². The lowest BCUT2D eigenvalue weighted by Gasteiger charge is -2.18. The number of hydrogen-bond donors (Lipinski definition) is 0. The zero-order valence-electron chi connectivity index (χ0n) is 45.3. The van der Waals surface area contributed by atoms with E-state index in [2.05, 4.69) is 106 Å². The van der Waals surface area contributed by atoms with Crippen molar-refractivity contribution < 1.29 is 28.6 Å². The summed E-state index contributed by atoms with van der Waals surface area (Å²) in [6.45, 7) is 6.49. The summed E-state index contributed by atoms with van der Waals surface area (Å²) in [4.78, 5) is 38.1. The highest BCUT2D eigenvalue weighted by Gasteiger charge is 2.19. The van der Waals surface area contributed by atoms with Crippen molar-refractivity contribution in [1.82, 2.24) is 0 Å². The van der Waals surface area contributed by atoms with Crippen LogP contribution < -0.4 is 0 Å². The van der Waals surface area contributed by atoms with E-state index in [-0.39, 0.29) is 31.1 Å². The third kappa shape index (κ3) is 55.4. The highest BCUT2D eigenvalue weighted by molar-refractivity contribution is 5.71. The predicted octanol–water partition coefficient (Wildman–Crippen LogP) is 19.5. The average Bonchev–Trinajstić information content (AvgIpc) is 3.35. The molecule has 0 aromatic carbocycles. The Labute approximate surface area is 426 Å². The van der Waals surface area contributed by atoms with Gasteiger partial charge in [0, 0.05) is 19.3 Å². The van der Waals surface area contributed by atoms with Crippen LogP contribution in [0, 0.1) is 0 Å². The van der Waals surface area contributed by atoms with Gasteiger partial charge in [0.1, 0.15) is 13.2 Å². The van der Waals surface area contributed by atoms with Crippen LogP contribution in [0.3, 0.4) is 0 Å². The molecule has 396 valence electrons. The summed E-state index contributed by atoms with van der Waals surface area (Å²) >= 11 is 0. The fraction of sp³-hybridized carbons (Fsp3) is 0.730. The van der Waals surface area contributed by atoms with Gasteiger partial charge in [-0.25, -0.2) is 0 Å². The van der Waals surface area contributed by atoms with E-state index in [0.717, 1.165) is 103 Å². The summed E-state index contributed by atoms with van der Waals surface area (Å²) < 4.78 is 16.8. The van der Waals surface area contributed by atoms with E-state index in [0.29, 0.717) is 19.3 Å². The largest absolute Gasteiger partial charge is 0.462 e. The molecule has 0 spiro atoms. The van der Waals surface area contributed by atoms with Crippen molar-refractivity contribution in [3.63, 3.8) is 0 Å². The third-order valence-corrected chi connectivity index (χ3v) is 12.4. The van der Waals surface area contributed by atoms with Crippen LogP contribution in [-0.4, -0.2) is 37.2 Å². The standard InChI is InChI=1S/C63H108O6/c1-4-7-10-13-16-19-22-25-27-29-30-31-32-34-35-38-41-44-47-50-53-56-62(65)68-59-60(58-67-61(64)55-52-49-46-43-40-37-24-21-18-15-12-9-6-3)69-63(66)57-54-51-48-45-42-39-36-33-28-26-23-20-17-14-11-8-5-2/h7,10,16,19,21,24-25,27,30-31,34-35,41,44,60H,4-6,8-9,11-15,17-18,20,22-23,26,28-29,32-33,36-40,42-43,45-59H2,1-3H3/b10-7-,19-16-,24-21-,27-25-,31-30-,35-34-,44-41-. The van der Waals surface area contributed by atoms with Gasteiger partial charge in [0.25, 0.3) is 0 Å². The van der Waals surface area contributed by atoms with E-state index in [1.807, 2.05) is 0 Å². The van der Waals surface area contributed by atoms with E-state index >= 15 is 0 Å². The molecule has 1 unspecified atom stereocenters. The monoisotopic (exact) mass is 961 g/mol. The normalized spacial score (nSPS) is 12.7. The molecule has 0 radical (unpaired) electrons. The second-order valence-electron chi connectivity index (χ2n) is 19.2. The molecule has 0 aliphatic carbocycles. The topological polar surface area (TPSA) is 78.9 Å². The Balaban J connectivity index is 4.44. The first-order valence-electron chi connectivity index (χ1n) is 29.1. The molecule has 6 nitrogen and oxygen atoms in total. The molecule has 0 aliphatic rings. The molecule has 0 aromatic heterocycles. The maximum atomic E-state index is 12.9. The second-order valence-corrected chi connectivity index (χ2v) is 19.2. The minimum absolute atomic E-state index is 0.0929. The third-order valence-electron chi connectivity index (χ3n) is 12.4. The maximum absolute atomic E-state index is 12.9.